The maximum atomic E-state index is 14.0. The number of aromatic nitrogens is 1. The van der Waals surface area contributed by atoms with E-state index < -0.39 is 30.0 Å². The molecule has 0 bridgehead atoms. The van der Waals surface area contributed by atoms with E-state index in [9.17, 15) is 23.1 Å². The standard InChI is InChI=1S/C24H17ClF3NO3/c25-13-7-8-23(32-12-18-19(27)10-14(26)11-20(18)28)17(9-13)15-3-1-4-16(15)21-5-2-6-22(29-21)24(30)31/h2,5-11H,1,3-4,12H2,(H,30,31). The first-order chi connectivity index (χ1) is 15.3. The number of benzene rings is 2. The van der Waals surface area contributed by atoms with E-state index in [1.54, 1.807) is 30.3 Å². The van der Waals surface area contributed by atoms with E-state index in [1.807, 2.05) is 0 Å². The topological polar surface area (TPSA) is 59.4 Å². The summed E-state index contributed by atoms with van der Waals surface area (Å²) in [4.78, 5) is 15.6. The molecular weight excluding hydrogens is 443 g/mol. The van der Waals surface area contributed by atoms with E-state index in [-0.39, 0.29) is 11.3 Å². The highest BCUT2D eigenvalue weighted by Gasteiger charge is 2.23. The highest BCUT2D eigenvalue weighted by atomic mass is 35.5. The average Bonchev–Trinajstić information content (AvgIpc) is 3.23. The van der Waals surface area contributed by atoms with Crippen LogP contribution < -0.4 is 4.74 Å². The Kier molecular flexibility index (Phi) is 6.19. The van der Waals surface area contributed by atoms with Crippen LogP contribution in [0.2, 0.25) is 5.02 Å². The minimum absolute atomic E-state index is 0.0638. The van der Waals surface area contributed by atoms with E-state index in [0.717, 1.165) is 17.6 Å². The van der Waals surface area contributed by atoms with Gasteiger partial charge in [-0.25, -0.2) is 22.9 Å². The quantitative estimate of drug-likeness (QED) is 0.455. The van der Waals surface area contributed by atoms with Crippen LogP contribution in [0.25, 0.3) is 11.1 Å². The van der Waals surface area contributed by atoms with Gasteiger partial charge in [0, 0.05) is 22.7 Å². The number of halogens is 4. The van der Waals surface area contributed by atoms with Gasteiger partial charge in [-0.15, -0.1) is 0 Å². The number of hydrogen-bond donors (Lipinski definition) is 1. The van der Waals surface area contributed by atoms with Gasteiger partial charge in [-0.1, -0.05) is 17.7 Å². The number of allylic oxidation sites excluding steroid dienone is 2. The predicted molar refractivity (Wildman–Crippen MR) is 114 cm³/mol. The van der Waals surface area contributed by atoms with Crippen molar-refractivity contribution in [1.29, 1.82) is 0 Å². The second kappa shape index (κ2) is 9.04. The number of carboxylic acids is 1. The zero-order valence-electron chi connectivity index (χ0n) is 16.7. The van der Waals surface area contributed by atoms with Crippen LogP contribution in [0.5, 0.6) is 5.75 Å². The van der Waals surface area contributed by atoms with Gasteiger partial charge in [-0.2, -0.15) is 0 Å². The minimum Gasteiger partial charge on any atom is -0.488 e. The molecular formula is C24H17ClF3NO3. The predicted octanol–water partition coefficient (Wildman–Crippen LogP) is 6.52. The smallest absolute Gasteiger partial charge is 0.354 e. The summed E-state index contributed by atoms with van der Waals surface area (Å²) in [5, 5.41) is 9.70. The Bertz CT molecular complexity index is 1220. The largest absolute Gasteiger partial charge is 0.488 e. The number of aromatic carboxylic acids is 1. The Morgan fingerprint density at radius 2 is 1.75 bits per heavy atom. The first-order valence-electron chi connectivity index (χ1n) is 9.82. The highest BCUT2D eigenvalue weighted by Crippen LogP contribution is 2.43. The fraction of sp³-hybridized carbons (Fsp3) is 0.167. The zero-order valence-corrected chi connectivity index (χ0v) is 17.4. The van der Waals surface area contributed by atoms with Crippen LogP contribution in [0.15, 0.2) is 48.5 Å². The third kappa shape index (κ3) is 4.48. The van der Waals surface area contributed by atoms with Crippen molar-refractivity contribution >= 4 is 28.7 Å². The van der Waals surface area contributed by atoms with Crippen molar-refractivity contribution in [2.45, 2.75) is 25.9 Å². The maximum absolute atomic E-state index is 14.0. The summed E-state index contributed by atoms with van der Waals surface area (Å²) in [5.74, 6) is -3.85. The van der Waals surface area contributed by atoms with Gasteiger partial charge in [0.05, 0.1) is 11.3 Å². The van der Waals surface area contributed by atoms with Crippen LogP contribution in [0, 0.1) is 17.5 Å². The SMILES string of the molecule is O=C(O)c1cccc(C2=C(c3cc(Cl)ccc3OCc3c(F)cc(F)cc3F)CCC2)n1. The van der Waals surface area contributed by atoms with E-state index in [1.165, 1.54) is 6.07 Å². The number of pyridine rings is 1. The molecule has 8 heteroatoms. The van der Waals surface area contributed by atoms with Gasteiger partial charge in [0.15, 0.2) is 0 Å². The van der Waals surface area contributed by atoms with Crippen molar-refractivity contribution in [2.24, 2.45) is 0 Å². The fourth-order valence-corrected chi connectivity index (χ4v) is 3.94. The lowest BCUT2D eigenvalue weighted by Gasteiger charge is -2.15. The van der Waals surface area contributed by atoms with Crippen LogP contribution >= 0.6 is 11.6 Å². The molecule has 0 saturated carbocycles. The molecule has 3 aromatic rings. The van der Waals surface area contributed by atoms with E-state index in [2.05, 4.69) is 4.98 Å². The molecule has 164 valence electrons. The van der Waals surface area contributed by atoms with Crippen molar-refractivity contribution in [3.8, 4) is 5.75 Å². The summed E-state index contributed by atoms with van der Waals surface area (Å²) in [6.07, 6.45) is 2.17. The van der Waals surface area contributed by atoms with Gasteiger partial charge in [-0.05, 0) is 60.7 Å². The summed E-state index contributed by atoms with van der Waals surface area (Å²) < 4.78 is 47.0. The molecule has 4 nitrogen and oxygen atoms in total. The van der Waals surface area contributed by atoms with Crippen molar-refractivity contribution in [3.05, 3.63) is 93.5 Å². The summed E-state index contributed by atoms with van der Waals surface area (Å²) in [6.45, 7) is -0.443. The zero-order chi connectivity index (χ0) is 22.8. The van der Waals surface area contributed by atoms with Gasteiger partial charge in [-0.3, -0.25) is 0 Å². The monoisotopic (exact) mass is 459 g/mol. The molecule has 2 aromatic carbocycles. The molecule has 1 aliphatic rings. The minimum atomic E-state index is -1.12. The van der Waals surface area contributed by atoms with Gasteiger partial charge in [0.2, 0.25) is 0 Å². The summed E-state index contributed by atoms with van der Waals surface area (Å²) in [5.41, 5.74) is 2.46. The number of carbonyl (C=O) groups is 1. The molecule has 0 unspecified atom stereocenters. The molecule has 1 heterocycles. The number of carboxylic acid groups (broad SMARTS) is 1. The molecule has 0 radical (unpaired) electrons. The molecule has 1 aromatic heterocycles. The Labute approximate surface area is 186 Å². The first kappa shape index (κ1) is 21.9. The first-order valence-corrected chi connectivity index (χ1v) is 10.2. The van der Waals surface area contributed by atoms with Crippen molar-refractivity contribution in [3.63, 3.8) is 0 Å². The Morgan fingerprint density at radius 1 is 1.03 bits per heavy atom. The summed E-state index contributed by atoms with van der Waals surface area (Å²) in [6, 6.07) is 10.9. The van der Waals surface area contributed by atoms with Crippen LogP contribution in [-0.4, -0.2) is 16.1 Å². The van der Waals surface area contributed by atoms with Crippen LogP contribution in [0.4, 0.5) is 13.2 Å². The van der Waals surface area contributed by atoms with Crippen LogP contribution in [0.1, 0.15) is 46.6 Å². The van der Waals surface area contributed by atoms with Crippen molar-refractivity contribution < 1.29 is 27.8 Å². The Balaban J connectivity index is 1.72. The van der Waals surface area contributed by atoms with Gasteiger partial charge >= 0.3 is 5.97 Å². The number of hydrogen-bond acceptors (Lipinski definition) is 3. The molecule has 0 saturated heterocycles. The molecule has 0 spiro atoms. The van der Waals surface area contributed by atoms with E-state index in [4.69, 9.17) is 16.3 Å². The molecule has 4 rings (SSSR count). The lowest BCUT2D eigenvalue weighted by atomic mass is 9.99. The molecule has 32 heavy (non-hydrogen) atoms. The molecule has 0 fully saturated rings. The molecule has 1 N–H and O–H groups in total. The normalized spacial score (nSPS) is 13.5. The van der Waals surface area contributed by atoms with Crippen molar-refractivity contribution in [2.75, 3.05) is 0 Å². The second-order valence-electron chi connectivity index (χ2n) is 7.30. The van der Waals surface area contributed by atoms with Gasteiger partial charge in [0.25, 0.3) is 0 Å². The van der Waals surface area contributed by atoms with Gasteiger partial charge in [0.1, 0.15) is 35.5 Å². The molecule has 0 aliphatic heterocycles. The average molecular weight is 460 g/mol. The van der Waals surface area contributed by atoms with E-state index >= 15 is 0 Å². The third-order valence-electron chi connectivity index (χ3n) is 5.24. The fourth-order valence-electron chi connectivity index (χ4n) is 3.77. The number of nitrogens with zero attached hydrogens (tertiary/aromatic N) is 1. The number of rotatable bonds is 6. The van der Waals surface area contributed by atoms with Gasteiger partial charge < -0.3 is 9.84 Å². The highest BCUT2D eigenvalue weighted by molar-refractivity contribution is 6.30. The lowest BCUT2D eigenvalue weighted by molar-refractivity contribution is 0.0690. The lowest BCUT2D eigenvalue weighted by Crippen LogP contribution is -2.05. The molecule has 0 atom stereocenters. The number of ether oxygens (including phenoxy) is 1. The van der Waals surface area contributed by atoms with Crippen molar-refractivity contribution in [1.82, 2.24) is 4.98 Å². The van der Waals surface area contributed by atoms with Crippen LogP contribution in [0.3, 0.4) is 0 Å². The third-order valence-corrected chi connectivity index (χ3v) is 5.47. The summed E-state index contributed by atoms with van der Waals surface area (Å²) in [7, 11) is 0. The Hall–Kier alpha value is -3.32. The molecule has 1 aliphatic carbocycles. The summed E-state index contributed by atoms with van der Waals surface area (Å²) >= 11 is 6.21. The maximum Gasteiger partial charge on any atom is 0.354 e. The van der Waals surface area contributed by atoms with E-state index in [0.29, 0.717) is 47.0 Å². The second-order valence-corrected chi connectivity index (χ2v) is 7.74. The Morgan fingerprint density at radius 3 is 2.47 bits per heavy atom. The molecule has 0 amide bonds. The van der Waals surface area contributed by atoms with Crippen LogP contribution in [-0.2, 0) is 6.61 Å².